The average Bonchev–Trinajstić information content (AvgIpc) is 2.84. The van der Waals surface area contributed by atoms with Crippen LogP contribution in [0, 0.1) is 0 Å². The van der Waals surface area contributed by atoms with Gasteiger partial charge in [-0.3, -0.25) is 14.5 Å². The molecule has 1 saturated heterocycles. The van der Waals surface area contributed by atoms with Crippen molar-refractivity contribution in [3.63, 3.8) is 0 Å². The van der Waals surface area contributed by atoms with Crippen LogP contribution in [0.15, 0.2) is 59.4 Å². The van der Waals surface area contributed by atoms with Crippen LogP contribution < -0.4 is 10.9 Å². The first-order valence-electron chi connectivity index (χ1n) is 11.1. The molecular formula is C25H26ClN3O5. The molecule has 1 aliphatic heterocycles. The molecule has 3 aromatic rings. The highest BCUT2D eigenvalue weighted by atomic mass is 35.5. The molecule has 4 rings (SSSR count). The molecule has 1 fully saturated rings. The normalized spacial score (nSPS) is 15.1. The van der Waals surface area contributed by atoms with Crippen molar-refractivity contribution < 1.29 is 19.1 Å². The fourth-order valence-corrected chi connectivity index (χ4v) is 4.03. The molecule has 2 aromatic carbocycles. The Balaban J connectivity index is 1.52. The lowest BCUT2D eigenvalue weighted by Crippen LogP contribution is -2.44. The van der Waals surface area contributed by atoms with Gasteiger partial charge in [-0.2, -0.15) is 0 Å². The third-order valence-corrected chi connectivity index (χ3v) is 5.96. The fraction of sp³-hybridized carbons (Fsp3) is 0.320. The standard InChI is InChI=1S/C25H26ClN3O5/c26-19-7-5-17(6-8-19)24(31)28-22(25(32)34-14-11-29-9-12-33-13-10-29)15-18-16-23(30)27-21-4-2-1-3-20(18)21/h1-8,16,22H,9-15H2,(H,27,30)(H,28,31). The van der Waals surface area contributed by atoms with E-state index in [2.05, 4.69) is 15.2 Å². The van der Waals surface area contributed by atoms with E-state index in [1.807, 2.05) is 18.2 Å². The lowest BCUT2D eigenvalue weighted by atomic mass is 10.0. The summed E-state index contributed by atoms with van der Waals surface area (Å²) < 4.78 is 10.9. The molecule has 0 spiro atoms. The molecule has 2 heterocycles. The van der Waals surface area contributed by atoms with E-state index in [1.165, 1.54) is 6.07 Å². The minimum Gasteiger partial charge on any atom is -0.463 e. The van der Waals surface area contributed by atoms with Gasteiger partial charge in [0.25, 0.3) is 5.91 Å². The molecule has 9 heteroatoms. The van der Waals surface area contributed by atoms with Crippen molar-refractivity contribution in [2.45, 2.75) is 12.5 Å². The zero-order chi connectivity index (χ0) is 23.9. The molecule has 0 aliphatic carbocycles. The minimum atomic E-state index is -0.974. The second-order valence-corrected chi connectivity index (χ2v) is 8.50. The first-order chi connectivity index (χ1) is 16.5. The number of nitrogens with zero attached hydrogens (tertiary/aromatic N) is 1. The molecule has 178 valence electrons. The monoisotopic (exact) mass is 483 g/mol. The van der Waals surface area contributed by atoms with Crippen LogP contribution in [-0.4, -0.2) is 67.3 Å². The van der Waals surface area contributed by atoms with E-state index >= 15 is 0 Å². The number of esters is 1. The SMILES string of the molecule is O=C(NC(Cc1cc(=O)[nH]c2ccccc12)C(=O)OCCN1CCOCC1)c1ccc(Cl)cc1. The maximum atomic E-state index is 13.0. The van der Waals surface area contributed by atoms with Gasteiger partial charge in [0, 0.05) is 53.6 Å². The lowest BCUT2D eigenvalue weighted by molar-refractivity contribution is -0.146. The average molecular weight is 484 g/mol. The van der Waals surface area contributed by atoms with Crippen LogP contribution in [-0.2, 0) is 20.7 Å². The number of hydrogen-bond donors (Lipinski definition) is 2. The van der Waals surface area contributed by atoms with Crippen LogP contribution in [0.3, 0.4) is 0 Å². The smallest absolute Gasteiger partial charge is 0.329 e. The predicted octanol–water partition coefficient (Wildman–Crippen LogP) is 2.40. The van der Waals surface area contributed by atoms with E-state index in [1.54, 1.807) is 30.3 Å². The Labute approximate surface area is 201 Å². The van der Waals surface area contributed by atoms with E-state index in [0.717, 1.165) is 18.5 Å². The third-order valence-electron chi connectivity index (χ3n) is 5.71. The van der Waals surface area contributed by atoms with Crippen molar-refractivity contribution in [2.75, 3.05) is 39.5 Å². The van der Waals surface area contributed by atoms with Crippen LogP contribution in [0.2, 0.25) is 5.02 Å². The first-order valence-corrected chi connectivity index (χ1v) is 11.5. The number of pyridine rings is 1. The topological polar surface area (TPSA) is 101 Å². The summed E-state index contributed by atoms with van der Waals surface area (Å²) in [6, 6.07) is 14.2. The Kier molecular flexibility index (Phi) is 7.95. The Morgan fingerprint density at radius 2 is 1.85 bits per heavy atom. The molecule has 0 bridgehead atoms. The Morgan fingerprint density at radius 3 is 2.62 bits per heavy atom. The Bertz CT molecular complexity index is 1210. The number of amides is 1. The summed E-state index contributed by atoms with van der Waals surface area (Å²) in [6.07, 6.45) is 0.111. The number of carbonyl (C=O) groups excluding carboxylic acids is 2. The number of carbonyl (C=O) groups is 2. The zero-order valence-electron chi connectivity index (χ0n) is 18.6. The maximum Gasteiger partial charge on any atom is 0.329 e. The third kappa shape index (κ3) is 6.22. The molecule has 1 aliphatic rings. The maximum absolute atomic E-state index is 13.0. The number of halogens is 1. The summed E-state index contributed by atoms with van der Waals surface area (Å²) in [5.74, 6) is -0.985. The number of nitrogens with one attached hydrogen (secondary N) is 2. The highest BCUT2D eigenvalue weighted by molar-refractivity contribution is 6.30. The number of benzene rings is 2. The summed E-state index contributed by atoms with van der Waals surface area (Å²) >= 11 is 5.92. The van der Waals surface area contributed by atoms with Gasteiger partial charge >= 0.3 is 5.97 Å². The van der Waals surface area contributed by atoms with Gasteiger partial charge in [0.15, 0.2) is 0 Å². The minimum absolute atomic E-state index is 0.111. The van der Waals surface area contributed by atoms with E-state index < -0.39 is 17.9 Å². The number of ether oxygens (including phenoxy) is 2. The lowest BCUT2D eigenvalue weighted by Gasteiger charge is -2.26. The molecule has 0 radical (unpaired) electrons. The molecule has 8 nitrogen and oxygen atoms in total. The van der Waals surface area contributed by atoms with E-state index in [-0.39, 0.29) is 18.6 Å². The molecule has 1 amide bonds. The molecule has 1 aromatic heterocycles. The second kappa shape index (κ2) is 11.3. The van der Waals surface area contributed by atoms with Gasteiger partial charge in [-0.05, 0) is 35.9 Å². The van der Waals surface area contributed by atoms with E-state index in [4.69, 9.17) is 21.1 Å². The van der Waals surface area contributed by atoms with Crippen LogP contribution in [0.25, 0.3) is 10.9 Å². The molecule has 2 N–H and O–H groups in total. The van der Waals surface area contributed by atoms with Crippen molar-refractivity contribution in [1.82, 2.24) is 15.2 Å². The molecule has 34 heavy (non-hydrogen) atoms. The number of aromatic amines is 1. The summed E-state index contributed by atoms with van der Waals surface area (Å²) in [5.41, 5.74) is 1.39. The van der Waals surface area contributed by atoms with Gasteiger partial charge in [-0.1, -0.05) is 29.8 Å². The molecule has 0 saturated carbocycles. The predicted molar refractivity (Wildman–Crippen MR) is 129 cm³/mol. The highest BCUT2D eigenvalue weighted by Gasteiger charge is 2.25. The van der Waals surface area contributed by atoms with Crippen LogP contribution in [0.4, 0.5) is 0 Å². The van der Waals surface area contributed by atoms with E-state index in [9.17, 15) is 14.4 Å². The van der Waals surface area contributed by atoms with Crippen molar-refractivity contribution in [1.29, 1.82) is 0 Å². The summed E-state index contributed by atoms with van der Waals surface area (Å²) in [4.78, 5) is 43.0. The van der Waals surface area contributed by atoms with E-state index in [0.29, 0.717) is 41.4 Å². The highest BCUT2D eigenvalue weighted by Crippen LogP contribution is 2.17. The van der Waals surface area contributed by atoms with Gasteiger partial charge in [-0.25, -0.2) is 4.79 Å². The van der Waals surface area contributed by atoms with Crippen molar-refractivity contribution in [2.24, 2.45) is 0 Å². The summed E-state index contributed by atoms with van der Waals surface area (Å²) in [6.45, 7) is 3.66. The van der Waals surface area contributed by atoms with Crippen molar-refractivity contribution >= 4 is 34.4 Å². The summed E-state index contributed by atoms with van der Waals surface area (Å²) in [5, 5.41) is 4.08. The van der Waals surface area contributed by atoms with Gasteiger partial charge in [0.1, 0.15) is 12.6 Å². The number of hydrogen-bond acceptors (Lipinski definition) is 6. The van der Waals surface area contributed by atoms with Gasteiger partial charge < -0.3 is 19.8 Å². The Hall–Kier alpha value is -3.20. The quantitative estimate of drug-likeness (QED) is 0.477. The number of H-pyrrole nitrogens is 1. The van der Waals surface area contributed by atoms with Gasteiger partial charge in [-0.15, -0.1) is 0 Å². The summed E-state index contributed by atoms with van der Waals surface area (Å²) in [7, 11) is 0. The number of fused-ring (bicyclic) bond motifs is 1. The number of para-hydroxylation sites is 1. The van der Waals surface area contributed by atoms with Crippen LogP contribution >= 0.6 is 11.6 Å². The zero-order valence-corrected chi connectivity index (χ0v) is 19.3. The van der Waals surface area contributed by atoms with Gasteiger partial charge in [0.2, 0.25) is 5.56 Å². The number of morpholine rings is 1. The van der Waals surface area contributed by atoms with Crippen LogP contribution in [0.1, 0.15) is 15.9 Å². The molecule has 1 atom stereocenters. The molecular weight excluding hydrogens is 458 g/mol. The largest absolute Gasteiger partial charge is 0.463 e. The van der Waals surface area contributed by atoms with Crippen LogP contribution in [0.5, 0.6) is 0 Å². The van der Waals surface area contributed by atoms with Crippen molar-refractivity contribution in [3.8, 4) is 0 Å². The van der Waals surface area contributed by atoms with Gasteiger partial charge in [0.05, 0.1) is 13.2 Å². The Morgan fingerprint density at radius 1 is 1.12 bits per heavy atom. The number of aromatic nitrogens is 1. The fourth-order valence-electron chi connectivity index (χ4n) is 3.90. The molecule has 1 unspecified atom stereocenters. The second-order valence-electron chi connectivity index (χ2n) is 8.06. The first kappa shape index (κ1) is 23.9. The number of rotatable bonds is 8. The van der Waals surface area contributed by atoms with Crippen molar-refractivity contribution in [3.05, 3.63) is 81.1 Å².